The molecular formula is C14H15NO6P+. The summed E-state index contributed by atoms with van der Waals surface area (Å²) >= 11 is 0. The maximum Gasteiger partial charge on any atom is 0.695 e. The van der Waals surface area contributed by atoms with Gasteiger partial charge in [-0.25, -0.2) is 0 Å². The first kappa shape index (κ1) is 15.3. The van der Waals surface area contributed by atoms with E-state index in [1.54, 1.807) is 24.4 Å². The molecule has 2 aromatic rings. The van der Waals surface area contributed by atoms with Crippen LogP contribution in [0.2, 0.25) is 0 Å². The topological polar surface area (TPSA) is 98.0 Å². The minimum absolute atomic E-state index is 0.122. The van der Waals surface area contributed by atoms with E-state index < -0.39 is 26.5 Å². The van der Waals surface area contributed by atoms with Gasteiger partial charge in [-0.05, 0) is 17.5 Å². The van der Waals surface area contributed by atoms with Gasteiger partial charge in [0, 0.05) is 16.1 Å². The normalized spacial score (nSPS) is 25.5. The summed E-state index contributed by atoms with van der Waals surface area (Å²) in [5.74, 6) is 0. The van der Waals surface area contributed by atoms with Crippen LogP contribution >= 0.6 is 8.25 Å². The molecule has 1 aromatic carbocycles. The van der Waals surface area contributed by atoms with Crippen molar-refractivity contribution in [1.82, 2.24) is 4.57 Å². The van der Waals surface area contributed by atoms with Gasteiger partial charge in [0.1, 0.15) is 6.10 Å². The van der Waals surface area contributed by atoms with Crippen molar-refractivity contribution >= 4 is 19.0 Å². The van der Waals surface area contributed by atoms with Gasteiger partial charge in [0.25, 0.3) is 5.56 Å². The van der Waals surface area contributed by atoms with Gasteiger partial charge >= 0.3 is 8.25 Å². The zero-order valence-electron chi connectivity index (χ0n) is 11.5. The molecule has 0 saturated carbocycles. The van der Waals surface area contributed by atoms with Gasteiger partial charge in [-0.1, -0.05) is 18.2 Å². The van der Waals surface area contributed by atoms with Crippen LogP contribution in [-0.2, 0) is 13.8 Å². The minimum Gasteiger partial charge on any atom is -0.394 e. The third kappa shape index (κ3) is 2.69. The molecule has 7 nitrogen and oxygen atoms in total. The van der Waals surface area contributed by atoms with E-state index in [2.05, 4.69) is 0 Å². The van der Waals surface area contributed by atoms with E-state index in [1.165, 1.54) is 4.57 Å². The molecule has 3 unspecified atom stereocenters. The van der Waals surface area contributed by atoms with Crippen molar-refractivity contribution in [2.24, 2.45) is 0 Å². The molecular weight excluding hydrogens is 309 g/mol. The van der Waals surface area contributed by atoms with Gasteiger partial charge in [0.05, 0.1) is 19.3 Å². The zero-order chi connectivity index (χ0) is 15.7. The molecule has 2 heterocycles. The molecule has 4 atom stereocenters. The Bertz CT molecular complexity index is 760. The summed E-state index contributed by atoms with van der Waals surface area (Å²) in [6.45, 7) is -0.232. The third-order valence-corrected chi connectivity index (χ3v) is 4.24. The fourth-order valence-electron chi connectivity index (χ4n) is 2.76. The van der Waals surface area contributed by atoms with E-state index >= 15 is 0 Å². The standard InChI is InChI=1S/C14H14NO6P/c16-7-12-13(21-22(18)19)11(8-20-12)15-6-5-9-3-1-2-4-10(9)14(15)17/h1-6,11-13,16H,7-8H2/p+1/t11?,12-,13?/m1/s1. The molecule has 1 aliphatic heterocycles. The molecule has 0 aliphatic carbocycles. The van der Waals surface area contributed by atoms with Crippen LogP contribution in [0, 0.1) is 0 Å². The number of hydrogen-bond donors (Lipinski definition) is 2. The Labute approximate surface area is 126 Å². The second-order valence-corrected chi connectivity index (χ2v) is 5.73. The predicted molar refractivity (Wildman–Crippen MR) is 78.8 cm³/mol. The Hall–Kier alpha value is -1.63. The van der Waals surface area contributed by atoms with E-state index in [0.717, 1.165) is 5.39 Å². The summed E-state index contributed by atoms with van der Waals surface area (Å²) in [5, 5.41) is 10.6. The molecule has 1 aromatic heterocycles. The first-order valence-electron chi connectivity index (χ1n) is 6.77. The highest BCUT2D eigenvalue weighted by Gasteiger charge is 2.45. The number of fused-ring (bicyclic) bond motifs is 1. The fraction of sp³-hybridized carbons (Fsp3) is 0.357. The lowest BCUT2D eigenvalue weighted by Gasteiger charge is -2.18. The van der Waals surface area contributed by atoms with Crippen LogP contribution in [0.3, 0.4) is 0 Å². The van der Waals surface area contributed by atoms with Crippen molar-refractivity contribution in [1.29, 1.82) is 0 Å². The Balaban J connectivity index is 2.04. The largest absolute Gasteiger partial charge is 0.695 e. The summed E-state index contributed by atoms with van der Waals surface area (Å²) in [6.07, 6.45) is 0.00569. The first-order valence-corrected chi connectivity index (χ1v) is 7.90. The number of rotatable bonds is 4. The van der Waals surface area contributed by atoms with Crippen molar-refractivity contribution < 1.29 is 23.8 Å². The summed E-state index contributed by atoms with van der Waals surface area (Å²) in [5.41, 5.74) is -0.230. The highest BCUT2D eigenvalue weighted by molar-refractivity contribution is 7.32. The Kier molecular flexibility index (Phi) is 4.33. The van der Waals surface area contributed by atoms with Gasteiger partial charge < -0.3 is 14.4 Å². The molecule has 1 saturated heterocycles. The Morgan fingerprint density at radius 1 is 1.36 bits per heavy atom. The van der Waals surface area contributed by atoms with Crippen molar-refractivity contribution in [3.05, 3.63) is 46.9 Å². The van der Waals surface area contributed by atoms with Crippen molar-refractivity contribution in [3.63, 3.8) is 0 Å². The van der Waals surface area contributed by atoms with Crippen molar-refractivity contribution in [3.8, 4) is 0 Å². The lowest BCUT2D eigenvalue weighted by Crippen LogP contribution is -2.36. The van der Waals surface area contributed by atoms with Crippen LogP contribution in [0.5, 0.6) is 0 Å². The number of ether oxygens (including phenoxy) is 1. The van der Waals surface area contributed by atoms with Crippen LogP contribution in [0.15, 0.2) is 41.3 Å². The second kappa shape index (κ2) is 6.24. The summed E-state index contributed by atoms with van der Waals surface area (Å²) in [7, 11) is -2.86. The van der Waals surface area contributed by atoms with Gasteiger partial charge in [-0.3, -0.25) is 4.79 Å². The SMILES string of the molecule is O=c1c2ccccc2ccn1C1CO[C@H](CO)C1O[P+](=O)O. The highest BCUT2D eigenvalue weighted by Crippen LogP contribution is 2.33. The number of aromatic nitrogens is 1. The van der Waals surface area contributed by atoms with E-state index in [4.69, 9.17) is 14.2 Å². The van der Waals surface area contributed by atoms with Crippen LogP contribution in [-0.4, -0.2) is 40.0 Å². The number of hydrogen-bond acceptors (Lipinski definition) is 5. The van der Waals surface area contributed by atoms with Gasteiger partial charge in [0.15, 0.2) is 6.10 Å². The average Bonchev–Trinajstić information content (AvgIpc) is 2.90. The fourth-order valence-corrected chi connectivity index (χ4v) is 3.25. The number of nitrogens with zero attached hydrogens (tertiary/aromatic N) is 1. The molecule has 0 spiro atoms. The van der Waals surface area contributed by atoms with Crippen molar-refractivity contribution in [2.75, 3.05) is 13.2 Å². The van der Waals surface area contributed by atoms with Crippen LogP contribution in [0.25, 0.3) is 10.8 Å². The lowest BCUT2D eigenvalue weighted by molar-refractivity contribution is 0.0108. The summed E-state index contributed by atoms with van der Waals surface area (Å²) < 4.78 is 22.8. The Morgan fingerprint density at radius 3 is 2.86 bits per heavy atom. The van der Waals surface area contributed by atoms with E-state index in [0.29, 0.717) is 5.39 Å². The van der Waals surface area contributed by atoms with E-state index in [1.807, 2.05) is 12.1 Å². The summed E-state index contributed by atoms with van der Waals surface area (Å²) in [6, 6.07) is 8.39. The maximum absolute atomic E-state index is 12.6. The lowest BCUT2D eigenvalue weighted by atomic mass is 10.1. The van der Waals surface area contributed by atoms with Crippen LogP contribution in [0.4, 0.5) is 0 Å². The molecule has 3 rings (SSSR count). The molecule has 8 heteroatoms. The van der Waals surface area contributed by atoms with Crippen LogP contribution < -0.4 is 5.56 Å². The maximum atomic E-state index is 12.6. The molecule has 116 valence electrons. The zero-order valence-corrected chi connectivity index (χ0v) is 12.4. The quantitative estimate of drug-likeness (QED) is 0.813. The van der Waals surface area contributed by atoms with Gasteiger partial charge in [-0.15, -0.1) is 9.42 Å². The van der Waals surface area contributed by atoms with Gasteiger partial charge in [-0.2, -0.15) is 0 Å². The highest BCUT2D eigenvalue weighted by atomic mass is 31.1. The molecule has 22 heavy (non-hydrogen) atoms. The third-order valence-electron chi connectivity index (χ3n) is 3.82. The molecule has 2 N–H and O–H groups in total. The summed E-state index contributed by atoms with van der Waals surface area (Å²) in [4.78, 5) is 21.6. The van der Waals surface area contributed by atoms with Crippen LogP contribution in [0.1, 0.15) is 6.04 Å². The van der Waals surface area contributed by atoms with E-state index in [-0.39, 0.29) is 18.8 Å². The molecule has 1 fully saturated rings. The average molecular weight is 324 g/mol. The number of pyridine rings is 1. The van der Waals surface area contributed by atoms with Gasteiger partial charge in [0.2, 0.25) is 0 Å². The molecule has 0 radical (unpaired) electrons. The number of benzene rings is 1. The predicted octanol–water partition coefficient (Wildman–Crippen LogP) is 0.969. The van der Waals surface area contributed by atoms with Crippen molar-refractivity contribution in [2.45, 2.75) is 18.2 Å². The Morgan fingerprint density at radius 2 is 2.14 bits per heavy atom. The number of aliphatic hydroxyl groups is 1. The second-order valence-electron chi connectivity index (χ2n) is 5.04. The monoisotopic (exact) mass is 324 g/mol. The molecule has 0 bridgehead atoms. The van der Waals surface area contributed by atoms with E-state index in [9.17, 15) is 14.5 Å². The molecule has 1 aliphatic rings. The smallest absolute Gasteiger partial charge is 0.394 e. The minimum atomic E-state index is -2.86. The first-order chi connectivity index (χ1) is 10.6. The number of aliphatic hydroxyl groups excluding tert-OH is 1. The molecule has 0 amide bonds.